The van der Waals surface area contributed by atoms with Crippen molar-refractivity contribution in [1.29, 1.82) is 0 Å². The van der Waals surface area contributed by atoms with Crippen molar-refractivity contribution in [2.75, 3.05) is 11.9 Å². The number of nitrogens with zero attached hydrogens (tertiary/aromatic N) is 2. The van der Waals surface area contributed by atoms with Gasteiger partial charge in [-0.25, -0.2) is 8.78 Å². The highest BCUT2D eigenvalue weighted by atomic mass is 19.1. The molecule has 0 atom stereocenters. The average Bonchev–Trinajstić information content (AvgIpc) is 2.48. The molecule has 0 aliphatic rings. The molecular weight excluding hydrogens is 276 g/mol. The maximum atomic E-state index is 14.0. The summed E-state index contributed by atoms with van der Waals surface area (Å²) in [5.74, 6) is -1.03. The third kappa shape index (κ3) is 3.28. The van der Waals surface area contributed by atoms with Crippen LogP contribution >= 0.6 is 0 Å². The number of nitrogens with two attached hydrogens (primary N) is 1. The summed E-state index contributed by atoms with van der Waals surface area (Å²) >= 11 is 0. The van der Waals surface area contributed by atoms with Crippen LogP contribution in [-0.4, -0.2) is 18.1 Å². The van der Waals surface area contributed by atoms with Gasteiger partial charge in [0, 0.05) is 24.7 Å². The van der Waals surface area contributed by atoms with Gasteiger partial charge in [0.05, 0.1) is 5.69 Å². The quantitative estimate of drug-likeness (QED) is 0.394. The van der Waals surface area contributed by atoms with Gasteiger partial charge >= 0.3 is 0 Å². The molecule has 2 rings (SSSR count). The smallest absolute Gasteiger partial charge is 0.170 e. The Labute approximate surface area is 121 Å². The molecule has 0 unspecified atom stereocenters. The lowest BCUT2D eigenvalue weighted by molar-refractivity contribution is 0.318. The van der Waals surface area contributed by atoms with Crippen LogP contribution in [-0.2, 0) is 6.54 Å². The molecule has 0 aliphatic carbocycles. The molecule has 4 nitrogen and oxygen atoms in total. The Morgan fingerprint density at radius 3 is 2.52 bits per heavy atom. The number of rotatable bonds is 4. The number of benzene rings is 2. The first-order chi connectivity index (χ1) is 10.0. The molecule has 0 saturated heterocycles. The van der Waals surface area contributed by atoms with Crippen molar-refractivity contribution >= 4 is 11.5 Å². The molecule has 0 aliphatic heterocycles. The molecule has 0 aromatic heterocycles. The highest BCUT2D eigenvalue weighted by molar-refractivity contribution is 5.97. The minimum Gasteiger partial charge on any atom is -0.409 e. The van der Waals surface area contributed by atoms with Gasteiger partial charge in [-0.15, -0.1) is 0 Å². The molecule has 2 aromatic carbocycles. The number of para-hydroxylation sites is 1. The predicted octanol–water partition coefficient (Wildman–Crippen LogP) is 2.70. The molecule has 2 aromatic rings. The number of halogens is 2. The third-order valence-electron chi connectivity index (χ3n) is 3.13. The van der Waals surface area contributed by atoms with E-state index in [-0.39, 0.29) is 23.8 Å². The van der Waals surface area contributed by atoms with Gasteiger partial charge < -0.3 is 15.8 Å². The first kappa shape index (κ1) is 14.8. The molecule has 0 heterocycles. The predicted molar refractivity (Wildman–Crippen MR) is 77.4 cm³/mol. The molecule has 0 bridgehead atoms. The summed E-state index contributed by atoms with van der Waals surface area (Å²) in [5.41, 5.74) is 6.45. The monoisotopic (exact) mass is 291 g/mol. The van der Waals surface area contributed by atoms with Crippen molar-refractivity contribution in [2.45, 2.75) is 6.54 Å². The van der Waals surface area contributed by atoms with Crippen LogP contribution in [0.2, 0.25) is 0 Å². The molecule has 110 valence electrons. The van der Waals surface area contributed by atoms with Gasteiger partial charge in [0.15, 0.2) is 5.84 Å². The van der Waals surface area contributed by atoms with E-state index in [1.165, 1.54) is 18.2 Å². The summed E-state index contributed by atoms with van der Waals surface area (Å²) in [6.45, 7) is 0.198. The number of amidine groups is 1. The van der Waals surface area contributed by atoms with Crippen LogP contribution < -0.4 is 10.6 Å². The molecule has 0 saturated carbocycles. The van der Waals surface area contributed by atoms with Crippen LogP contribution in [0.25, 0.3) is 0 Å². The lowest BCUT2D eigenvalue weighted by Crippen LogP contribution is -2.19. The zero-order chi connectivity index (χ0) is 15.4. The van der Waals surface area contributed by atoms with Crippen LogP contribution in [0.4, 0.5) is 14.5 Å². The van der Waals surface area contributed by atoms with Crippen molar-refractivity contribution in [3.05, 3.63) is 65.2 Å². The van der Waals surface area contributed by atoms with Crippen molar-refractivity contribution in [2.24, 2.45) is 10.9 Å². The van der Waals surface area contributed by atoms with Crippen molar-refractivity contribution < 1.29 is 14.0 Å². The standard InChI is InChI=1S/C15H15F2N3O/c1-20(14-5-3-2-4-12(14)16)9-11-7-6-10(8-13(11)17)15(18)19-21/h2-8,21H,9H2,1H3,(H2,18,19). The fourth-order valence-electron chi connectivity index (χ4n) is 1.99. The van der Waals surface area contributed by atoms with Gasteiger partial charge in [-0.05, 0) is 18.2 Å². The SMILES string of the molecule is CN(Cc1ccc(C(N)=NO)cc1F)c1ccccc1F. The minimum absolute atomic E-state index is 0.164. The second kappa shape index (κ2) is 6.21. The summed E-state index contributed by atoms with van der Waals surface area (Å²) in [7, 11) is 1.68. The normalized spacial score (nSPS) is 11.5. The Morgan fingerprint density at radius 1 is 1.19 bits per heavy atom. The Balaban J connectivity index is 2.22. The average molecular weight is 291 g/mol. The molecule has 0 amide bonds. The highest BCUT2D eigenvalue weighted by Crippen LogP contribution is 2.20. The van der Waals surface area contributed by atoms with Gasteiger partial charge in [0.25, 0.3) is 0 Å². The van der Waals surface area contributed by atoms with Crippen LogP contribution in [0.1, 0.15) is 11.1 Å². The minimum atomic E-state index is -0.498. The summed E-state index contributed by atoms with van der Waals surface area (Å²) < 4.78 is 27.7. The van der Waals surface area contributed by atoms with Crippen molar-refractivity contribution in [3.8, 4) is 0 Å². The van der Waals surface area contributed by atoms with Crippen LogP contribution in [0.15, 0.2) is 47.6 Å². The largest absolute Gasteiger partial charge is 0.409 e. The maximum Gasteiger partial charge on any atom is 0.170 e. The number of hydrogen-bond donors (Lipinski definition) is 2. The fraction of sp³-hybridized carbons (Fsp3) is 0.133. The summed E-state index contributed by atoms with van der Waals surface area (Å²) in [6.07, 6.45) is 0. The van der Waals surface area contributed by atoms with Gasteiger partial charge in [0.1, 0.15) is 11.6 Å². The molecule has 6 heteroatoms. The Hall–Kier alpha value is -2.63. The molecule has 0 fully saturated rings. The zero-order valence-corrected chi connectivity index (χ0v) is 11.4. The summed E-state index contributed by atoms with van der Waals surface area (Å²) in [6, 6.07) is 10.5. The summed E-state index contributed by atoms with van der Waals surface area (Å²) in [4.78, 5) is 1.61. The van der Waals surface area contributed by atoms with E-state index in [1.807, 2.05) is 0 Å². The Kier molecular flexibility index (Phi) is 4.37. The second-order valence-electron chi connectivity index (χ2n) is 4.60. The zero-order valence-electron chi connectivity index (χ0n) is 11.4. The van der Waals surface area contributed by atoms with Crippen molar-refractivity contribution in [3.63, 3.8) is 0 Å². The van der Waals surface area contributed by atoms with Crippen LogP contribution in [0.5, 0.6) is 0 Å². The van der Waals surface area contributed by atoms with E-state index in [2.05, 4.69) is 5.16 Å². The lowest BCUT2D eigenvalue weighted by Gasteiger charge is -2.20. The topological polar surface area (TPSA) is 61.8 Å². The number of oxime groups is 1. The number of anilines is 1. The van der Waals surface area contributed by atoms with Gasteiger partial charge in [-0.2, -0.15) is 0 Å². The lowest BCUT2D eigenvalue weighted by atomic mass is 10.1. The Morgan fingerprint density at radius 2 is 1.90 bits per heavy atom. The van der Waals surface area contributed by atoms with Gasteiger partial charge in [-0.1, -0.05) is 29.4 Å². The Bertz CT molecular complexity index is 674. The first-order valence-electron chi connectivity index (χ1n) is 6.25. The molecule has 0 radical (unpaired) electrons. The van der Waals surface area contributed by atoms with E-state index in [1.54, 1.807) is 36.2 Å². The van der Waals surface area contributed by atoms with Gasteiger partial charge in [0.2, 0.25) is 0 Å². The molecule has 0 spiro atoms. The van der Waals surface area contributed by atoms with E-state index in [4.69, 9.17) is 10.9 Å². The van der Waals surface area contributed by atoms with E-state index < -0.39 is 5.82 Å². The van der Waals surface area contributed by atoms with Crippen LogP contribution in [0, 0.1) is 11.6 Å². The van der Waals surface area contributed by atoms with Crippen LogP contribution in [0.3, 0.4) is 0 Å². The van der Waals surface area contributed by atoms with Gasteiger partial charge in [-0.3, -0.25) is 0 Å². The third-order valence-corrected chi connectivity index (χ3v) is 3.13. The summed E-state index contributed by atoms with van der Waals surface area (Å²) in [5, 5.41) is 11.4. The molecular formula is C15H15F2N3O. The fourth-order valence-corrected chi connectivity index (χ4v) is 1.99. The van der Waals surface area contributed by atoms with E-state index in [0.29, 0.717) is 11.3 Å². The van der Waals surface area contributed by atoms with Crippen molar-refractivity contribution in [1.82, 2.24) is 0 Å². The van der Waals surface area contributed by atoms with E-state index >= 15 is 0 Å². The maximum absolute atomic E-state index is 14.0. The second-order valence-corrected chi connectivity index (χ2v) is 4.60. The highest BCUT2D eigenvalue weighted by Gasteiger charge is 2.11. The molecule has 3 N–H and O–H groups in total. The van der Waals surface area contributed by atoms with E-state index in [0.717, 1.165) is 0 Å². The first-order valence-corrected chi connectivity index (χ1v) is 6.25. The van der Waals surface area contributed by atoms with E-state index in [9.17, 15) is 8.78 Å². The molecule has 21 heavy (non-hydrogen) atoms. The number of hydrogen-bond acceptors (Lipinski definition) is 3.